The minimum atomic E-state index is -0.418. The lowest BCUT2D eigenvalue weighted by molar-refractivity contribution is -0.153. The first-order valence-corrected chi connectivity index (χ1v) is 6.67. The van der Waals surface area contributed by atoms with E-state index in [1.807, 2.05) is 20.8 Å². The summed E-state index contributed by atoms with van der Waals surface area (Å²) in [5.74, 6) is -0.217. The highest BCUT2D eigenvalue weighted by molar-refractivity contribution is 5.72. The van der Waals surface area contributed by atoms with Crippen molar-refractivity contribution in [3.05, 3.63) is 0 Å². The third-order valence-corrected chi connectivity index (χ3v) is 2.73. The van der Waals surface area contributed by atoms with Crippen LogP contribution in [0.1, 0.15) is 27.7 Å². The van der Waals surface area contributed by atoms with Gasteiger partial charge in [-0.1, -0.05) is 6.92 Å². The third-order valence-electron chi connectivity index (χ3n) is 2.73. The summed E-state index contributed by atoms with van der Waals surface area (Å²) < 4.78 is 10.9. The van der Waals surface area contributed by atoms with Crippen molar-refractivity contribution in [1.82, 2.24) is 10.2 Å². The molecule has 106 valence electrons. The third kappa shape index (κ3) is 6.33. The van der Waals surface area contributed by atoms with Gasteiger partial charge in [-0.05, 0) is 27.3 Å². The van der Waals surface area contributed by atoms with E-state index < -0.39 is 5.60 Å². The van der Waals surface area contributed by atoms with Crippen LogP contribution >= 0.6 is 0 Å². The van der Waals surface area contributed by atoms with Gasteiger partial charge in [0.15, 0.2) is 0 Å². The molecule has 18 heavy (non-hydrogen) atoms. The Labute approximate surface area is 110 Å². The lowest BCUT2D eigenvalue weighted by Crippen LogP contribution is -2.47. The first-order valence-electron chi connectivity index (χ1n) is 6.67. The topological polar surface area (TPSA) is 50.8 Å². The highest BCUT2D eigenvalue weighted by atomic mass is 16.6. The van der Waals surface area contributed by atoms with Crippen LogP contribution in [0.15, 0.2) is 0 Å². The zero-order valence-electron chi connectivity index (χ0n) is 12.0. The van der Waals surface area contributed by atoms with Gasteiger partial charge in [0.25, 0.3) is 0 Å². The van der Waals surface area contributed by atoms with Crippen molar-refractivity contribution < 1.29 is 14.3 Å². The number of carbonyl (C=O) groups is 1. The predicted molar refractivity (Wildman–Crippen MR) is 70.6 cm³/mol. The second-order valence-corrected chi connectivity index (χ2v) is 5.60. The van der Waals surface area contributed by atoms with E-state index in [1.165, 1.54) is 0 Å². The summed E-state index contributed by atoms with van der Waals surface area (Å²) in [6.07, 6.45) is 0.168. The Bertz CT molecular complexity index is 263. The van der Waals surface area contributed by atoms with E-state index in [2.05, 4.69) is 17.1 Å². The molecular weight excluding hydrogens is 232 g/mol. The van der Waals surface area contributed by atoms with Crippen molar-refractivity contribution in [3.8, 4) is 0 Å². The van der Waals surface area contributed by atoms with Crippen molar-refractivity contribution in [2.24, 2.45) is 0 Å². The van der Waals surface area contributed by atoms with Crippen molar-refractivity contribution in [2.75, 3.05) is 39.3 Å². The molecule has 0 saturated carbocycles. The van der Waals surface area contributed by atoms with Crippen molar-refractivity contribution >= 4 is 5.97 Å². The fraction of sp³-hybridized carbons (Fsp3) is 0.923. The molecule has 1 unspecified atom stereocenters. The molecular formula is C13H26N2O3. The Morgan fingerprint density at radius 2 is 2.22 bits per heavy atom. The van der Waals surface area contributed by atoms with Crippen LogP contribution in [-0.2, 0) is 14.3 Å². The van der Waals surface area contributed by atoms with Crippen LogP contribution in [-0.4, -0.2) is 61.9 Å². The number of nitrogens with one attached hydrogen (secondary N) is 1. The zero-order valence-corrected chi connectivity index (χ0v) is 12.0. The van der Waals surface area contributed by atoms with Gasteiger partial charge < -0.3 is 14.8 Å². The summed E-state index contributed by atoms with van der Waals surface area (Å²) in [5, 5.41) is 3.10. The molecule has 0 aromatic rings. The van der Waals surface area contributed by atoms with Crippen LogP contribution in [0.4, 0.5) is 0 Å². The molecule has 0 aromatic heterocycles. The number of nitrogens with zero attached hydrogens (tertiary/aromatic N) is 1. The van der Waals surface area contributed by atoms with E-state index in [4.69, 9.17) is 9.47 Å². The molecule has 0 spiro atoms. The van der Waals surface area contributed by atoms with E-state index in [1.54, 1.807) is 0 Å². The first-order chi connectivity index (χ1) is 8.40. The average molecular weight is 258 g/mol. The van der Waals surface area contributed by atoms with E-state index >= 15 is 0 Å². The van der Waals surface area contributed by atoms with Crippen LogP contribution in [0.2, 0.25) is 0 Å². The maximum absolute atomic E-state index is 11.5. The van der Waals surface area contributed by atoms with Gasteiger partial charge in [-0.2, -0.15) is 0 Å². The smallest absolute Gasteiger partial charge is 0.320 e. The Hall–Kier alpha value is -0.650. The van der Waals surface area contributed by atoms with Crippen LogP contribution in [0.3, 0.4) is 0 Å². The average Bonchev–Trinajstić information content (AvgIpc) is 2.27. The zero-order chi connectivity index (χ0) is 13.6. The van der Waals surface area contributed by atoms with E-state index in [9.17, 15) is 4.79 Å². The van der Waals surface area contributed by atoms with Gasteiger partial charge in [-0.15, -0.1) is 0 Å². The summed E-state index contributed by atoms with van der Waals surface area (Å²) in [7, 11) is 0. The lowest BCUT2D eigenvalue weighted by atomic mass is 10.2. The molecule has 0 aromatic carbocycles. The molecule has 0 amide bonds. The predicted octanol–water partition coefficient (Wildman–Crippen LogP) is 0.638. The molecule has 0 aliphatic carbocycles. The Morgan fingerprint density at radius 1 is 1.50 bits per heavy atom. The molecule has 1 N–H and O–H groups in total. The van der Waals surface area contributed by atoms with Gasteiger partial charge in [0, 0.05) is 19.6 Å². The van der Waals surface area contributed by atoms with Crippen LogP contribution in [0.25, 0.3) is 0 Å². The fourth-order valence-electron chi connectivity index (χ4n) is 1.90. The number of rotatable bonds is 5. The molecule has 5 heteroatoms. The summed E-state index contributed by atoms with van der Waals surface area (Å²) in [5.41, 5.74) is -0.418. The summed E-state index contributed by atoms with van der Waals surface area (Å²) >= 11 is 0. The summed E-state index contributed by atoms with van der Waals surface area (Å²) in [4.78, 5) is 13.8. The summed E-state index contributed by atoms with van der Waals surface area (Å²) in [6, 6.07) is 0. The molecule has 1 fully saturated rings. The number of hydrogen-bond acceptors (Lipinski definition) is 5. The summed E-state index contributed by atoms with van der Waals surface area (Å²) in [6.45, 7) is 12.4. The van der Waals surface area contributed by atoms with E-state index in [0.717, 1.165) is 26.2 Å². The molecule has 1 heterocycles. The standard InChI is InChI=1S/C13H26N2O3/c1-5-15-6-7-17-11(10-15)8-14-9-12(16)18-13(2,3)4/h11,14H,5-10H2,1-4H3. The van der Waals surface area contributed by atoms with Gasteiger partial charge in [0.1, 0.15) is 5.60 Å². The lowest BCUT2D eigenvalue weighted by Gasteiger charge is -2.32. The second kappa shape index (κ2) is 7.07. The molecule has 1 atom stereocenters. The highest BCUT2D eigenvalue weighted by Gasteiger charge is 2.20. The molecule has 0 radical (unpaired) electrons. The van der Waals surface area contributed by atoms with Crippen LogP contribution < -0.4 is 5.32 Å². The quantitative estimate of drug-likeness (QED) is 0.733. The molecule has 5 nitrogen and oxygen atoms in total. The van der Waals surface area contributed by atoms with Gasteiger partial charge in [-0.25, -0.2) is 0 Å². The Kier molecular flexibility index (Phi) is 6.05. The molecule has 0 bridgehead atoms. The minimum Gasteiger partial charge on any atom is -0.459 e. The second-order valence-electron chi connectivity index (χ2n) is 5.60. The van der Waals surface area contributed by atoms with Gasteiger partial charge in [0.05, 0.1) is 19.3 Å². The number of morpholine rings is 1. The maximum Gasteiger partial charge on any atom is 0.320 e. The molecule has 1 aliphatic rings. The number of hydrogen-bond donors (Lipinski definition) is 1. The SMILES string of the molecule is CCN1CCOC(CNCC(=O)OC(C)(C)C)C1. The Balaban J connectivity index is 2.15. The van der Waals surface area contributed by atoms with Crippen LogP contribution in [0, 0.1) is 0 Å². The molecule has 1 saturated heterocycles. The van der Waals surface area contributed by atoms with Gasteiger partial charge >= 0.3 is 5.97 Å². The van der Waals surface area contributed by atoms with E-state index in [0.29, 0.717) is 6.54 Å². The van der Waals surface area contributed by atoms with Gasteiger partial charge in [-0.3, -0.25) is 9.69 Å². The largest absolute Gasteiger partial charge is 0.459 e. The van der Waals surface area contributed by atoms with Crippen molar-refractivity contribution in [1.29, 1.82) is 0 Å². The number of carbonyl (C=O) groups excluding carboxylic acids is 1. The molecule has 1 aliphatic heterocycles. The fourth-order valence-corrected chi connectivity index (χ4v) is 1.90. The first kappa shape index (κ1) is 15.4. The monoisotopic (exact) mass is 258 g/mol. The molecule has 1 rings (SSSR count). The normalized spacial score (nSPS) is 21.9. The van der Waals surface area contributed by atoms with Crippen molar-refractivity contribution in [3.63, 3.8) is 0 Å². The number of ether oxygens (including phenoxy) is 2. The van der Waals surface area contributed by atoms with Crippen LogP contribution in [0.5, 0.6) is 0 Å². The highest BCUT2D eigenvalue weighted by Crippen LogP contribution is 2.06. The Morgan fingerprint density at radius 3 is 2.83 bits per heavy atom. The number of esters is 1. The minimum absolute atomic E-state index is 0.168. The van der Waals surface area contributed by atoms with E-state index in [-0.39, 0.29) is 18.6 Å². The number of likely N-dealkylation sites (N-methyl/N-ethyl adjacent to an activating group) is 1. The van der Waals surface area contributed by atoms with Gasteiger partial charge in [0.2, 0.25) is 0 Å². The van der Waals surface area contributed by atoms with Crippen molar-refractivity contribution in [2.45, 2.75) is 39.4 Å². The maximum atomic E-state index is 11.5.